The van der Waals surface area contributed by atoms with Crippen LogP contribution in [0.2, 0.25) is 0 Å². The molecule has 6 nitrogen and oxygen atoms in total. The summed E-state index contributed by atoms with van der Waals surface area (Å²) in [5.74, 6) is 1.51. The summed E-state index contributed by atoms with van der Waals surface area (Å²) < 4.78 is 13.1. The molecule has 27 heavy (non-hydrogen) atoms. The average Bonchev–Trinajstić information content (AvgIpc) is 3.02. The van der Waals surface area contributed by atoms with Gasteiger partial charge in [0.25, 0.3) is 5.91 Å². The van der Waals surface area contributed by atoms with E-state index in [-0.39, 0.29) is 17.9 Å². The highest BCUT2D eigenvalue weighted by molar-refractivity contribution is 5.93. The quantitative estimate of drug-likeness (QED) is 0.717. The highest BCUT2D eigenvalue weighted by Gasteiger charge is 2.23. The number of nitrogens with one attached hydrogen (secondary N) is 1. The Hall–Kier alpha value is -2.50. The molecule has 0 radical (unpaired) electrons. The van der Waals surface area contributed by atoms with Crippen molar-refractivity contribution < 1.29 is 14.3 Å². The van der Waals surface area contributed by atoms with Crippen LogP contribution < -0.4 is 14.8 Å². The zero-order chi connectivity index (χ0) is 20.0. The third-order valence-electron chi connectivity index (χ3n) is 4.31. The van der Waals surface area contributed by atoms with E-state index in [4.69, 9.17) is 9.47 Å². The topological polar surface area (TPSA) is 65.4 Å². The molecule has 1 aromatic heterocycles. The first-order chi connectivity index (χ1) is 12.9. The summed E-state index contributed by atoms with van der Waals surface area (Å²) in [6, 6.07) is 7.53. The summed E-state index contributed by atoms with van der Waals surface area (Å²) >= 11 is 0. The molecule has 0 saturated carbocycles. The molecule has 148 valence electrons. The lowest BCUT2D eigenvalue weighted by atomic mass is 9.95. The van der Waals surface area contributed by atoms with Gasteiger partial charge >= 0.3 is 0 Å². The van der Waals surface area contributed by atoms with E-state index < -0.39 is 0 Å². The van der Waals surface area contributed by atoms with Gasteiger partial charge in [0.1, 0.15) is 5.69 Å². The van der Waals surface area contributed by atoms with E-state index in [9.17, 15) is 4.79 Å². The molecule has 0 saturated heterocycles. The number of aromatic nitrogens is 2. The van der Waals surface area contributed by atoms with Crippen molar-refractivity contribution in [1.29, 1.82) is 0 Å². The Morgan fingerprint density at radius 3 is 2.37 bits per heavy atom. The molecule has 2 rings (SSSR count). The maximum atomic E-state index is 12.9. The molecule has 0 bridgehead atoms. The lowest BCUT2D eigenvalue weighted by Gasteiger charge is -2.24. The molecule has 0 aliphatic carbocycles. The minimum absolute atomic E-state index is 0.122. The molecular weight excluding hydrogens is 342 g/mol. The van der Waals surface area contributed by atoms with E-state index in [1.165, 1.54) is 0 Å². The number of carbonyl (C=O) groups is 1. The fraction of sp³-hybridized carbons (Fsp3) is 0.524. The molecule has 0 fully saturated rings. The van der Waals surface area contributed by atoms with E-state index in [0.717, 1.165) is 17.0 Å². The lowest BCUT2D eigenvalue weighted by Crippen LogP contribution is -2.33. The fourth-order valence-electron chi connectivity index (χ4n) is 3.08. The van der Waals surface area contributed by atoms with E-state index in [0.29, 0.717) is 31.2 Å². The Kier molecular flexibility index (Phi) is 7.28. The Balaban J connectivity index is 2.31. The number of carbonyl (C=O) groups excluding carboxylic acids is 1. The zero-order valence-electron chi connectivity index (χ0n) is 17.2. The SMILES string of the molecule is CCOc1ccc(C(NC(=O)c2cc(C)nn2CC)C(C)C)cc1OCC. The molecule has 1 amide bonds. The number of amides is 1. The smallest absolute Gasteiger partial charge is 0.270 e. The monoisotopic (exact) mass is 373 g/mol. The third kappa shape index (κ3) is 5.02. The fourth-order valence-corrected chi connectivity index (χ4v) is 3.08. The standard InChI is InChI=1S/C21H31N3O3/c1-7-24-17(12-15(6)23-24)21(25)22-20(14(4)5)16-10-11-18(26-8-2)19(13-16)27-9-3/h10-14,20H,7-9H2,1-6H3,(H,22,25). The normalized spacial score (nSPS) is 12.1. The van der Waals surface area contributed by atoms with Crippen molar-refractivity contribution in [1.82, 2.24) is 15.1 Å². The lowest BCUT2D eigenvalue weighted by molar-refractivity contribution is 0.0914. The molecule has 1 aromatic carbocycles. The number of hydrogen-bond acceptors (Lipinski definition) is 4. The van der Waals surface area contributed by atoms with Gasteiger partial charge in [-0.15, -0.1) is 0 Å². The van der Waals surface area contributed by atoms with Crippen molar-refractivity contribution in [3.8, 4) is 11.5 Å². The van der Waals surface area contributed by atoms with Gasteiger partial charge in [-0.25, -0.2) is 0 Å². The molecule has 0 aliphatic rings. The summed E-state index contributed by atoms with van der Waals surface area (Å²) in [6.07, 6.45) is 0. The van der Waals surface area contributed by atoms with Gasteiger partial charge < -0.3 is 14.8 Å². The van der Waals surface area contributed by atoms with Crippen LogP contribution in [0.15, 0.2) is 24.3 Å². The predicted molar refractivity (Wildman–Crippen MR) is 106 cm³/mol. The minimum atomic E-state index is -0.145. The van der Waals surface area contributed by atoms with Crippen LogP contribution >= 0.6 is 0 Å². The predicted octanol–water partition coefficient (Wildman–Crippen LogP) is 4.14. The Bertz CT molecular complexity index is 768. The number of ether oxygens (including phenoxy) is 2. The molecule has 6 heteroatoms. The zero-order valence-corrected chi connectivity index (χ0v) is 17.2. The van der Waals surface area contributed by atoms with Gasteiger partial charge in [0, 0.05) is 6.54 Å². The largest absolute Gasteiger partial charge is 0.490 e. The molecule has 0 aliphatic heterocycles. The summed E-state index contributed by atoms with van der Waals surface area (Å²) in [4.78, 5) is 12.9. The molecule has 2 aromatic rings. The number of hydrogen-bond donors (Lipinski definition) is 1. The van der Waals surface area contributed by atoms with Crippen LogP contribution in [0.5, 0.6) is 11.5 Å². The number of aryl methyl sites for hydroxylation is 2. The number of benzene rings is 1. The van der Waals surface area contributed by atoms with Gasteiger partial charge in [0.2, 0.25) is 0 Å². The first-order valence-electron chi connectivity index (χ1n) is 9.66. The van der Waals surface area contributed by atoms with Crippen molar-refractivity contribution >= 4 is 5.91 Å². The number of rotatable bonds is 9. The van der Waals surface area contributed by atoms with Crippen molar-refractivity contribution in [2.45, 2.75) is 54.1 Å². The maximum absolute atomic E-state index is 12.9. The summed E-state index contributed by atoms with van der Waals surface area (Å²) in [5.41, 5.74) is 2.41. The van der Waals surface area contributed by atoms with Crippen molar-refractivity contribution in [3.63, 3.8) is 0 Å². The van der Waals surface area contributed by atoms with Crippen LogP contribution in [0.4, 0.5) is 0 Å². The van der Waals surface area contributed by atoms with E-state index in [2.05, 4.69) is 24.3 Å². The van der Waals surface area contributed by atoms with Gasteiger partial charge in [0.15, 0.2) is 11.5 Å². The van der Waals surface area contributed by atoms with Gasteiger partial charge in [-0.05, 0) is 57.4 Å². The third-order valence-corrected chi connectivity index (χ3v) is 4.31. The second kappa shape index (κ2) is 9.44. The van der Waals surface area contributed by atoms with Crippen molar-refractivity contribution in [3.05, 3.63) is 41.2 Å². The molecule has 1 unspecified atom stereocenters. The highest BCUT2D eigenvalue weighted by Crippen LogP contribution is 2.33. The van der Waals surface area contributed by atoms with Gasteiger partial charge in [0.05, 0.1) is 24.9 Å². The Morgan fingerprint density at radius 2 is 1.78 bits per heavy atom. The number of nitrogens with zero attached hydrogens (tertiary/aromatic N) is 2. The molecular formula is C21H31N3O3. The van der Waals surface area contributed by atoms with Gasteiger partial charge in [-0.3, -0.25) is 9.48 Å². The Labute approximate surface area is 161 Å². The molecule has 1 heterocycles. The van der Waals surface area contributed by atoms with E-state index in [1.807, 2.05) is 52.0 Å². The van der Waals surface area contributed by atoms with E-state index >= 15 is 0 Å². The van der Waals surface area contributed by atoms with Crippen LogP contribution in [0.3, 0.4) is 0 Å². The maximum Gasteiger partial charge on any atom is 0.270 e. The van der Waals surface area contributed by atoms with Crippen LogP contribution in [-0.2, 0) is 6.54 Å². The van der Waals surface area contributed by atoms with Gasteiger partial charge in [-0.1, -0.05) is 19.9 Å². The van der Waals surface area contributed by atoms with Crippen LogP contribution in [0.25, 0.3) is 0 Å². The molecule has 1 atom stereocenters. The molecule has 1 N–H and O–H groups in total. The Morgan fingerprint density at radius 1 is 1.11 bits per heavy atom. The summed E-state index contributed by atoms with van der Waals surface area (Å²) in [6.45, 7) is 13.7. The second-order valence-corrected chi connectivity index (χ2v) is 6.75. The summed E-state index contributed by atoms with van der Waals surface area (Å²) in [5, 5.41) is 7.53. The highest BCUT2D eigenvalue weighted by atomic mass is 16.5. The summed E-state index contributed by atoms with van der Waals surface area (Å²) in [7, 11) is 0. The molecule has 0 spiro atoms. The van der Waals surface area contributed by atoms with Crippen molar-refractivity contribution in [2.24, 2.45) is 5.92 Å². The van der Waals surface area contributed by atoms with E-state index in [1.54, 1.807) is 4.68 Å². The minimum Gasteiger partial charge on any atom is -0.490 e. The second-order valence-electron chi connectivity index (χ2n) is 6.75. The first kappa shape index (κ1) is 20.8. The average molecular weight is 373 g/mol. The van der Waals surface area contributed by atoms with Crippen LogP contribution in [0.1, 0.15) is 62.4 Å². The van der Waals surface area contributed by atoms with Crippen LogP contribution in [0, 0.1) is 12.8 Å². The van der Waals surface area contributed by atoms with Gasteiger partial charge in [-0.2, -0.15) is 5.10 Å². The van der Waals surface area contributed by atoms with Crippen molar-refractivity contribution in [2.75, 3.05) is 13.2 Å². The first-order valence-corrected chi connectivity index (χ1v) is 9.66. The van der Waals surface area contributed by atoms with Crippen LogP contribution in [-0.4, -0.2) is 28.9 Å².